The SMILES string of the molecule is Cc1ccccc1C1NCCC1O.Cl. The van der Waals surface area contributed by atoms with E-state index in [4.69, 9.17) is 0 Å². The largest absolute Gasteiger partial charge is 0.391 e. The molecule has 0 aliphatic carbocycles. The van der Waals surface area contributed by atoms with Gasteiger partial charge in [0.25, 0.3) is 0 Å². The Bertz CT molecular complexity index is 303. The molecule has 0 radical (unpaired) electrons. The second-order valence-electron chi connectivity index (χ2n) is 3.64. The number of hydrogen-bond donors (Lipinski definition) is 2. The third kappa shape index (κ3) is 2.08. The molecule has 2 unspecified atom stereocenters. The molecule has 1 fully saturated rings. The maximum Gasteiger partial charge on any atom is 0.0747 e. The monoisotopic (exact) mass is 213 g/mol. The highest BCUT2D eigenvalue weighted by Gasteiger charge is 2.26. The zero-order chi connectivity index (χ0) is 9.26. The van der Waals surface area contributed by atoms with Crippen LogP contribution in [0.5, 0.6) is 0 Å². The van der Waals surface area contributed by atoms with Gasteiger partial charge >= 0.3 is 0 Å². The van der Waals surface area contributed by atoms with Crippen LogP contribution in [0.4, 0.5) is 0 Å². The molecule has 1 aliphatic rings. The van der Waals surface area contributed by atoms with Gasteiger partial charge in [-0.15, -0.1) is 12.4 Å². The van der Waals surface area contributed by atoms with Crippen molar-refractivity contribution in [3.63, 3.8) is 0 Å². The van der Waals surface area contributed by atoms with Crippen LogP contribution in [0.2, 0.25) is 0 Å². The molecule has 0 saturated carbocycles. The number of aliphatic hydroxyl groups excluding tert-OH is 1. The van der Waals surface area contributed by atoms with E-state index in [1.807, 2.05) is 12.1 Å². The molecule has 1 saturated heterocycles. The molecular formula is C11H16ClNO. The summed E-state index contributed by atoms with van der Waals surface area (Å²) >= 11 is 0. The highest BCUT2D eigenvalue weighted by Crippen LogP contribution is 2.25. The number of aryl methyl sites for hydroxylation is 1. The number of benzene rings is 1. The maximum absolute atomic E-state index is 9.70. The Hall–Kier alpha value is -0.570. The highest BCUT2D eigenvalue weighted by atomic mass is 35.5. The van der Waals surface area contributed by atoms with Crippen molar-refractivity contribution < 1.29 is 5.11 Å². The number of hydrogen-bond acceptors (Lipinski definition) is 2. The second-order valence-corrected chi connectivity index (χ2v) is 3.64. The van der Waals surface area contributed by atoms with Gasteiger partial charge in [-0.25, -0.2) is 0 Å². The van der Waals surface area contributed by atoms with Crippen molar-refractivity contribution in [3.8, 4) is 0 Å². The van der Waals surface area contributed by atoms with Crippen molar-refractivity contribution in [2.24, 2.45) is 0 Å². The van der Waals surface area contributed by atoms with Crippen LogP contribution in [-0.4, -0.2) is 17.8 Å². The molecule has 2 nitrogen and oxygen atoms in total. The molecule has 14 heavy (non-hydrogen) atoms. The molecule has 1 aromatic rings. The van der Waals surface area contributed by atoms with Gasteiger partial charge < -0.3 is 10.4 Å². The molecule has 1 aromatic carbocycles. The predicted octanol–water partition coefficient (Wildman–Crippen LogP) is 1.81. The van der Waals surface area contributed by atoms with Crippen molar-refractivity contribution >= 4 is 12.4 Å². The van der Waals surface area contributed by atoms with Crippen molar-refractivity contribution in [3.05, 3.63) is 35.4 Å². The zero-order valence-corrected chi connectivity index (χ0v) is 9.05. The van der Waals surface area contributed by atoms with Gasteiger partial charge in [-0.05, 0) is 31.0 Å². The summed E-state index contributed by atoms with van der Waals surface area (Å²) in [7, 11) is 0. The van der Waals surface area contributed by atoms with Crippen LogP contribution in [0.15, 0.2) is 24.3 Å². The Labute approximate surface area is 90.7 Å². The van der Waals surface area contributed by atoms with Crippen LogP contribution in [0.3, 0.4) is 0 Å². The van der Waals surface area contributed by atoms with Crippen molar-refractivity contribution in [1.82, 2.24) is 5.32 Å². The third-order valence-corrected chi connectivity index (χ3v) is 2.71. The fourth-order valence-corrected chi connectivity index (χ4v) is 1.94. The first kappa shape index (κ1) is 11.5. The lowest BCUT2D eigenvalue weighted by Crippen LogP contribution is -2.21. The van der Waals surface area contributed by atoms with E-state index < -0.39 is 0 Å². The van der Waals surface area contributed by atoms with Crippen LogP contribution in [-0.2, 0) is 0 Å². The normalized spacial score (nSPS) is 25.9. The van der Waals surface area contributed by atoms with Crippen LogP contribution in [0.1, 0.15) is 23.6 Å². The van der Waals surface area contributed by atoms with Gasteiger partial charge in [0.15, 0.2) is 0 Å². The van der Waals surface area contributed by atoms with E-state index in [2.05, 4.69) is 24.4 Å². The molecule has 2 atom stereocenters. The molecule has 78 valence electrons. The minimum absolute atomic E-state index is 0. The Morgan fingerprint density at radius 3 is 2.64 bits per heavy atom. The van der Waals surface area contributed by atoms with Gasteiger partial charge in [-0.3, -0.25) is 0 Å². The van der Waals surface area contributed by atoms with E-state index in [1.165, 1.54) is 11.1 Å². The van der Waals surface area contributed by atoms with E-state index in [0.717, 1.165) is 13.0 Å². The van der Waals surface area contributed by atoms with E-state index in [9.17, 15) is 5.11 Å². The standard InChI is InChI=1S/C11H15NO.ClH/c1-8-4-2-3-5-9(8)11-10(13)6-7-12-11;/h2-5,10-13H,6-7H2,1H3;1H. The molecule has 0 amide bonds. The first-order chi connectivity index (χ1) is 6.29. The smallest absolute Gasteiger partial charge is 0.0747 e. The fraction of sp³-hybridized carbons (Fsp3) is 0.455. The fourth-order valence-electron chi connectivity index (χ4n) is 1.94. The Kier molecular flexibility index (Phi) is 3.93. The van der Waals surface area contributed by atoms with Crippen LogP contribution < -0.4 is 5.32 Å². The first-order valence-corrected chi connectivity index (χ1v) is 4.76. The maximum atomic E-state index is 9.70. The van der Waals surface area contributed by atoms with E-state index in [-0.39, 0.29) is 24.6 Å². The highest BCUT2D eigenvalue weighted by molar-refractivity contribution is 5.85. The van der Waals surface area contributed by atoms with Crippen molar-refractivity contribution in [1.29, 1.82) is 0 Å². The number of rotatable bonds is 1. The Morgan fingerprint density at radius 1 is 1.36 bits per heavy atom. The van der Waals surface area contributed by atoms with E-state index in [1.54, 1.807) is 0 Å². The summed E-state index contributed by atoms with van der Waals surface area (Å²) in [6.07, 6.45) is 0.639. The van der Waals surface area contributed by atoms with Crippen LogP contribution in [0.25, 0.3) is 0 Å². The number of nitrogens with one attached hydrogen (secondary N) is 1. The van der Waals surface area contributed by atoms with Gasteiger partial charge in [0, 0.05) is 0 Å². The second kappa shape index (κ2) is 4.78. The lowest BCUT2D eigenvalue weighted by atomic mass is 9.98. The lowest BCUT2D eigenvalue weighted by Gasteiger charge is -2.17. The third-order valence-electron chi connectivity index (χ3n) is 2.71. The lowest BCUT2D eigenvalue weighted by molar-refractivity contribution is 0.160. The van der Waals surface area contributed by atoms with Gasteiger partial charge in [-0.2, -0.15) is 0 Å². The zero-order valence-electron chi connectivity index (χ0n) is 8.23. The molecular weight excluding hydrogens is 198 g/mol. The molecule has 0 spiro atoms. The molecule has 0 aromatic heterocycles. The van der Waals surface area contributed by atoms with Crippen molar-refractivity contribution in [2.45, 2.75) is 25.5 Å². The Balaban J connectivity index is 0.000000980. The minimum atomic E-state index is -0.221. The minimum Gasteiger partial charge on any atom is -0.391 e. The molecule has 1 aliphatic heterocycles. The van der Waals surface area contributed by atoms with Crippen LogP contribution >= 0.6 is 12.4 Å². The molecule has 0 bridgehead atoms. The van der Waals surface area contributed by atoms with Gasteiger partial charge in [-0.1, -0.05) is 24.3 Å². The summed E-state index contributed by atoms with van der Waals surface area (Å²) in [5, 5.41) is 13.0. The van der Waals surface area contributed by atoms with Gasteiger partial charge in [0.05, 0.1) is 12.1 Å². The average Bonchev–Trinajstić information content (AvgIpc) is 2.52. The van der Waals surface area contributed by atoms with Gasteiger partial charge in [0.1, 0.15) is 0 Å². The topological polar surface area (TPSA) is 32.3 Å². The van der Waals surface area contributed by atoms with Crippen LogP contribution in [0, 0.1) is 6.92 Å². The van der Waals surface area contributed by atoms with Crippen molar-refractivity contribution in [2.75, 3.05) is 6.54 Å². The number of aliphatic hydroxyl groups is 1. The molecule has 3 heteroatoms. The molecule has 2 rings (SSSR count). The summed E-state index contributed by atoms with van der Waals surface area (Å²) < 4.78 is 0. The van der Waals surface area contributed by atoms with E-state index in [0.29, 0.717) is 0 Å². The summed E-state index contributed by atoms with van der Waals surface area (Å²) in [6, 6.07) is 8.36. The summed E-state index contributed by atoms with van der Waals surface area (Å²) in [6.45, 7) is 3.00. The Morgan fingerprint density at radius 2 is 2.07 bits per heavy atom. The first-order valence-electron chi connectivity index (χ1n) is 4.76. The number of halogens is 1. The summed E-state index contributed by atoms with van der Waals surface area (Å²) in [4.78, 5) is 0. The summed E-state index contributed by atoms with van der Waals surface area (Å²) in [5.41, 5.74) is 2.48. The molecule has 1 heterocycles. The quantitative estimate of drug-likeness (QED) is 0.746. The predicted molar refractivity (Wildman–Crippen MR) is 59.8 cm³/mol. The average molecular weight is 214 g/mol. The summed E-state index contributed by atoms with van der Waals surface area (Å²) in [5.74, 6) is 0. The molecule has 2 N–H and O–H groups in total. The van der Waals surface area contributed by atoms with E-state index >= 15 is 0 Å². The van der Waals surface area contributed by atoms with Gasteiger partial charge in [0.2, 0.25) is 0 Å².